The van der Waals surface area contributed by atoms with Crippen molar-refractivity contribution in [3.8, 4) is 0 Å². The van der Waals surface area contributed by atoms with Crippen LogP contribution in [0.15, 0.2) is 42.6 Å². The van der Waals surface area contributed by atoms with Crippen molar-refractivity contribution in [2.75, 3.05) is 36.5 Å². The van der Waals surface area contributed by atoms with Crippen molar-refractivity contribution in [3.63, 3.8) is 0 Å². The zero-order valence-electron chi connectivity index (χ0n) is 12.6. The summed E-state index contributed by atoms with van der Waals surface area (Å²) in [7, 11) is 0. The molecule has 1 aromatic heterocycles. The molecule has 0 aliphatic carbocycles. The van der Waals surface area contributed by atoms with Crippen LogP contribution in [0, 0.1) is 6.92 Å². The van der Waals surface area contributed by atoms with Crippen LogP contribution in [0.2, 0.25) is 0 Å². The van der Waals surface area contributed by atoms with E-state index >= 15 is 0 Å². The summed E-state index contributed by atoms with van der Waals surface area (Å²) < 4.78 is 5.34. The predicted molar refractivity (Wildman–Crippen MR) is 86.4 cm³/mol. The Labute approximate surface area is 129 Å². The SMILES string of the molecule is Cc1ccccc1C(=O)Nc1ccc(N2CCOCC2)cn1. The first-order valence-corrected chi connectivity index (χ1v) is 7.40. The van der Waals surface area contributed by atoms with Crippen molar-refractivity contribution < 1.29 is 9.53 Å². The van der Waals surface area contributed by atoms with Crippen LogP contribution >= 0.6 is 0 Å². The highest BCUT2D eigenvalue weighted by molar-refractivity contribution is 6.04. The molecular weight excluding hydrogens is 278 g/mol. The summed E-state index contributed by atoms with van der Waals surface area (Å²) in [6, 6.07) is 11.3. The second kappa shape index (κ2) is 6.58. The van der Waals surface area contributed by atoms with Gasteiger partial charge in [0.2, 0.25) is 0 Å². The molecule has 1 aromatic carbocycles. The number of nitrogens with one attached hydrogen (secondary N) is 1. The van der Waals surface area contributed by atoms with Crippen LogP contribution < -0.4 is 10.2 Å². The van der Waals surface area contributed by atoms with E-state index in [1.807, 2.05) is 43.3 Å². The highest BCUT2D eigenvalue weighted by Crippen LogP contribution is 2.17. The second-order valence-electron chi connectivity index (χ2n) is 5.27. The van der Waals surface area contributed by atoms with Gasteiger partial charge in [0.1, 0.15) is 5.82 Å². The number of amides is 1. The molecule has 0 spiro atoms. The average Bonchev–Trinajstić information content (AvgIpc) is 2.57. The second-order valence-corrected chi connectivity index (χ2v) is 5.27. The molecule has 5 nitrogen and oxygen atoms in total. The predicted octanol–water partition coefficient (Wildman–Crippen LogP) is 2.48. The molecule has 0 atom stereocenters. The molecule has 2 aromatic rings. The fraction of sp³-hybridized carbons (Fsp3) is 0.294. The van der Waals surface area contributed by atoms with E-state index in [1.54, 1.807) is 6.20 Å². The number of hydrogen-bond donors (Lipinski definition) is 1. The molecule has 22 heavy (non-hydrogen) atoms. The van der Waals surface area contributed by atoms with Crippen molar-refractivity contribution in [1.82, 2.24) is 4.98 Å². The van der Waals surface area contributed by atoms with Gasteiger partial charge in [0.25, 0.3) is 5.91 Å². The minimum Gasteiger partial charge on any atom is -0.378 e. The van der Waals surface area contributed by atoms with Gasteiger partial charge in [0, 0.05) is 18.7 Å². The van der Waals surface area contributed by atoms with Gasteiger partial charge in [-0.25, -0.2) is 4.98 Å². The summed E-state index contributed by atoms with van der Waals surface area (Å²) in [6.07, 6.45) is 1.79. The fourth-order valence-corrected chi connectivity index (χ4v) is 2.48. The molecular formula is C17H19N3O2. The Balaban J connectivity index is 1.68. The van der Waals surface area contributed by atoms with Crippen molar-refractivity contribution >= 4 is 17.4 Å². The molecule has 1 aliphatic heterocycles. The van der Waals surface area contributed by atoms with E-state index in [-0.39, 0.29) is 5.91 Å². The van der Waals surface area contributed by atoms with Crippen LogP contribution in [0.5, 0.6) is 0 Å². The number of benzene rings is 1. The number of ether oxygens (including phenoxy) is 1. The molecule has 0 saturated carbocycles. The van der Waals surface area contributed by atoms with Gasteiger partial charge in [-0.3, -0.25) is 4.79 Å². The number of carbonyl (C=O) groups is 1. The molecule has 1 saturated heterocycles. The minimum absolute atomic E-state index is 0.135. The number of carbonyl (C=O) groups excluding carboxylic acids is 1. The lowest BCUT2D eigenvalue weighted by Crippen LogP contribution is -2.36. The fourth-order valence-electron chi connectivity index (χ4n) is 2.48. The van der Waals surface area contributed by atoms with E-state index in [4.69, 9.17) is 4.74 Å². The van der Waals surface area contributed by atoms with E-state index in [1.165, 1.54) is 0 Å². The normalized spacial score (nSPS) is 14.7. The van der Waals surface area contributed by atoms with Crippen molar-refractivity contribution in [3.05, 3.63) is 53.7 Å². The molecule has 2 heterocycles. The van der Waals surface area contributed by atoms with Gasteiger partial charge in [-0.2, -0.15) is 0 Å². The van der Waals surface area contributed by atoms with Gasteiger partial charge in [-0.05, 0) is 30.7 Å². The lowest BCUT2D eigenvalue weighted by Gasteiger charge is -2.28. The smallest absolute Gasteiger partial charge is 0.257 e. The van der Waals surface area contributed by atoms with Gasteiger partial charge in [-0.15, -0.1) is 0 Å². The number of rotatable bonds is 3. The molecule has 5 heteroatoms. The first kappa shape index (κ1) is 14.5. The topological polar surface area (TPSA) is 54.5 Å². The van der Waals surface area contributed by atoms with E-state index in [0.29, 0.717) is 11.4 Å². The van der Waals surface area contributed by atoms with Gasteiger partial charge in [-0.1, -0.05) is 18.2 Å². The van der Waals surface area contributed by atoms with Crippen molar-refractivity contribution in [2.24, 2.45) is 0 Å². The Bertz CT molecular complexity index is 649. The standard InChI is InChI=1S/C17H19N3O2/c1-13-4-2-3-5-15(13)17(21)19-16-7-6-14(12-18-16)20-8-10-22-11-9-20/h2-7,12H,8-11H2,1H3,(H,18,19,21). The van der Waals surface area contributed by atoms with E-state index in [2.05, 4.69) is 15.2 Å². The third kappa shape index (κ3) is 3.26. The van der Waals surface area contributed by atoms with Crippen LogP contribution in [0.4, 0.5) is 11.5 Å². The molecule has 0 unspecified atom stereocenters. The lowest BCUT2D eigenvalue weighted by molar-refractivity contribution is 0.102. The van der Waals surface area contributed by atoms with Gasteiger partial charge < -0.3 is 15.0 Å². The number of hydrogen-bond acceptors (Lipinski definition) is 4. The Morgan fingerprint density at radius 2 is 1.95 bits per heavy atom. The minimum atomic E-state index is -0.135. The Hall–Kier alpha value is -2.40. The third-order valence-corrected chi connectivity index (χ3v) is 3.76. The van der Waals surface area contributed by atoms with Gasteiger partial charge in [0.15, 0.2) is 0 Å². The van der Waals surface area contributed by atoms with Crippen LogP contribution in [0.3, 0.4) is 0 Å². The molecule has 1 amide bonds. The van der Waals surface area contributed by atoms with Crippen LogP contribution in [0.1, 0.15) is 15.9 Å². The maximum Gasteiger partial charge on any atom is 0.257 e. The summed E-state index contributed by atoms with van der Waals surface area (Å²) >= 11 is 0. The average molecular weight is 297 g/mol. The van der Waals surface area contributed by atoms with Crippen LogP contribution in [0.25, 0.3) is 0 Å². The Morgan fingerprint density at radius 1 is 1.18 bits per heavy atom. The number of nitrogens with zero attached hydrogens (tertiary/aromatic N) is 2. The highest BCUT2D eigenvalue weighted by Gasteiger charge is 2.12. The third-order valence-electron chi connectivity index (χ3n) is 3.76. The first-order valence-electron chi connectivity index (χ1n) is 7.40. The molecule has 1 aliphatic rings. The number of pyridine rings is 1. The summed E-state index contributed by atoms with van der Waals surface area (Å²) in [6.45, 7) is 5.15. The molecule has 3 rings (SSSR count). The quantitative estimate of drug-likeness (QED) is 0.945. The number of aromatic nitrogens is 1. The maximum atomic E-state index is 12.2. The molecule has 0 bridgehead atoms. The summed E-state index contributed by atoms with van der Waals surface area (Å²) in [5.41, 5.74) is 2.67. The number of aryl methyl sites for hydroxylation is 1. The number of morpholine rings is 1. The first-order chi connectivity index (χ1) is 10.7. The summed E-state index contributed by atoms with van der Waals surface area (Å²) in [4.78, 5) is 18.8. The molecule has 0 radical (unpaired) electrons. The molecule has 1 fully saturated rings. The highest BCUT2D eigenvalue weighted by atomic mass is 16.5. The van der Waals surface area contributed by atoms with Crippen LogP contribution in [-0.2, 0) is 4.74 Å². The van der Waals surface area contributed by atoms with Crippen molar-refractivity contribution in [1.29, 1.82) is 0 Å². The number of anilines is 2. The lowest BCUT2D eigenvalue weighted by atomic mass is 10.1. The Kier molecular flexibility index (Phi) is 4.34. The Morgan fingerprint density at radius 3 is 2.64 bits per heavy atom. The monoisotopic (exact) mass is 297 g/mol. The van der Waals surface area contributed by atoms with Gasteiger partial charge in [0.05, 0.1) is 25.1 Å². The van der Waals surface area contributed by atoms with E-state index < -0.39 is 0 Å². The zero-order valence-corrected chi connectivity index (χ0v) is 12.6. The van der Waals surface area contributed by atoms with Gasteiger partial charge >= 0.3 is 0 Å². The van der Waals surface area contributed by atoms with E-state index in [9.17, 15) is 4.79 Å². The maximum absolute atomic E-state index is 12.2. The molecule has 1 N–H and O–H groups in total. The zero-order chi connectivity index (χ0) is 15.4. The van der Waals surface area contributed by atoms with Crippen LogP contribution in [-0.4, -0.2) is 37.2 Å². The summed E-state index contributed by atoms with van der Waals surface area (Å²) in [5, 5.41) is 2.84. The van der Waals surface area contributed by atoms with E-state index in [0.717, 1.165) is 37.6 Å². The largest absolute Gasteiger partial charge is 0.378 e. The van der Waals surface area contributed by atoms with Crippen molar-refractivity contribution in [2.45, 2.75) is 6.92 Å². The molecule has 114 valence electrons. The summed E-state index contributed by atoms with van der Waals surface area (Å²) in [5.74, 6) is 0.426.